The number of hydrogen-bond donors (Lipinski definition) is 1. The second-order valence-electron chi connectivity index (χ2n) is 4.47. The van der Waals surface area contributed by atoms with Gasteiger partial charge in [0.2, 0.25) is 5.13 Å². The quantitative estimate of drug-likeness (QED) is 0.565. The second kappa shape index (κ2) is 7.81. The first-order valence-electron chi connectivity index (χ1n) is 6.56. The van der Waals surface area contributed by atoms with E-state index >= 15 is 0 Å². The summed E-state index contributed by atoms with van der Waals surface area (Å²) >= 11 is 2.16. The molecule has 1 heterocycles. The molecule has 0 bridgehead atoms. The van der Waals surface area contributed by atoms with Crippen molar-refractivity contribution >= 4 is 44.2 Å². The third-order valence-electron chi connectivity index (χ3n) is 2.85. The van der Waals surface area contributed by atoms with E-state index in [2.05, 4.69) is 19.7 Å². The first kappa shape index (κ1) is 18.5. The van der Waals surface area contributed by atoms with Gasteiger partial charge in [-0.1, -0.05) is 23.1 Å². The van der Waals surface area contributed by atoms with E-state index in [-0.39, 0.29) is 15.8 Å². The number of anilines is 1. The predicted molar refractivity (Wildman–Crippen MR) is 91.2 cm³/mol. The van der Waals surface area contributed by atoms with Gasteiger partial charge in [-0.25, -0.2) is 8.42 Å². The number of hydrogen-bond acceptors (Lipinski definition) is 9. The molecule has 0 spiro atoms. The molecule has 0 saturated heterocycles. The summed E-state index contributed by atoms with van der Waals surface area (Å²) < 4.78 is 37.2. The van der Waals surface area contributed by atoms with Crippen molar-refractivity contribution in [2.75, 3.05) is 24.7 Å². The number of sulfonamides is 1. The maximum atomic E-state index is 12.4. The average Bonchev–Trinajstić information content (AvgIpc) is 2.99. The van der Waals surface area contributed by atoms with Gasteiger partial charge in [0.05, 0.1) is 24.9 Å². The van der Waals surface area contributed by atoms with Crippen LogP contribution in [0.25, 0.3) is 0 Å². The summed E-state index contributed by atoms with van der Waals surface area (Å²) in [4.78, 5) is 11.2. The zero-order valence-electron chi connectivity index (χ0n) is 13.1. The SMILES string of the molecule is COC(=O)CSc1nnc(NS(=O)(=O)c2ccc(OC)c(C)c2)s1. The molecule has 0 atom stereocenters. The lowest BCUT2D eigenvalue weighted by molar-refractivity contribution is -0.137. The van der Waals surface area contributed by atoms with E-state index in [0.29, 0.717) is 15.7 Å². The monoisotopic (exact) mass is 389 g/mol. The summed E-state index contributed by atoms with van der Waals surface area (Å²) in [6, 6.07) is 4.54. The first-order chi connectivity index (χ1) is 11.4. The van der Waals surface area contributed by atoms with Crippen LogP contribution >= 0.6 is 23.1 Å². The Hall–Kier alpha value is -1.85. The van der Waals surface area contributed by atoms with Gasteiger partial charge in [0.15, 0.2) is 4.34 Å². The minimum Gasteiger partial charge on any atom is -0.496 e. The number of carbonyl (C=O) groups is 1. The van der Waals surface area contributed by atoms with E-state index in [1.54, 1.807) is 13.0 Å². The second-order valence-corrected chi connectivity index (χ2v) is 8.36. The molecule has 0 aliphatic rings. The van der Waals surface area contributed by atoms with Crippen LogP contribution in [0.1, 0.15) is 5.56 Å². The molecule has 0 aliphatic heterocycles. The molecule has 0 amide bonds. The van der Waals surface area contributed by atoms with Crippen LogP contribution in [0.4, 0.5) is 5.13 Å². The lowest BCUT2D eigenvalue weighted by atomic mass is 10.2. The van der Waals surface area contributed by atoms with Crippen LogP contribution in [0.2, 0.25) is 0 Å². The van der Waals surface area contributed by atoms with E-state index < -0.39 is 16.0 Å². The number of aromatic nitrogens is 2. The van der Waals surface area contributed by atoms with Gasteiger partial charge in [-0.15, -0.1) is 10.2 Å². The Labute approximate surface area is 147 Å². The van der Waals surface area contributed by atoms with Crippen molar-refractivity contribution in [3.63, 3.8) is 0 Å². The number of benzene rings is 1. The molecule has 1 aromatic carbocycles. The van der Waals surface area contributed by atoms with Gasteiger partial charge in [0, 0.05) is 0 Å². The Morgan fingerprint density at radius 2 is 2.08 bits per heavy atom. The summed E-state index contributed by atoms with van der Waals surface area (Å²) in [5.74, 6) is 0.285. The number of methoxy groups -OCH3 is 2. The molecule has 0 saturated carbocycles. The number of thioether (sulfide) groups is 1. The van der Waals surface area contributed by atoms with E-state index in [1.165, 1.54) is 26.4 Å². The molecular formula is C13H15N3O5S3. The van der Waals surface area contributed by atoms with Crippen molar-refractivity contribution in [2.45, 2.75) is 16.2 Å². The maximum Gasteiger partial charge on any atom is 0.316 e. The van der Waals surface area contributed by atoms with Crippen molar-refractivity contribution in [1.82, 2.24) is 10.2 Å². The topological polar surface area (TPSA) is 107 Å². The van der Waals surface area contributed by atoms with Crippen molar-refractivity contribution in [1.29, 1.82) is 0 Å². The normalized spacial score (nSPS) is 11.1. The molecule has 0 radical (unpaired) electrons. The molecular weight excluding hydrogens is 374 g/mol. The highest BCUT2D eigenvalue weighted by Crippen LogP contribution is 2.28. The van der Waals surface area contributed by atoms with Gasteiger partial charge in [0.1, 0.15) is 5.75 Å². The molecule has 8 nitrogen and oxygen atoms in total. The van der Waals surface area contributed by atoms with Crippen LogP contribution in [0, 0.1) is 6.92 Å². The Balaban J connectivity index is 2.11. The van der Waals surface area contributed by atoms with Crippen LogP contribution in [-0.4, -0.2) is 44.6 Å². The molecule has 1 N–H and O–H groups in total. The molecule has 0 unspecified atom stereocenters. The van der Waals surface area contributed by atoms with Crippen LogP contribution in [0.5, 0.6) is 5.75 Å². The van der Waals surface area contributed by atoms with E-state index in [0.717, 1.165) is 23.1 Å². The van der Waals surface area contributed by atoms with Gasteiger partial charge in [-0.2, -0.15) is 0 Å². The molecule has 0 fully saturated rings. The van der Waals surface area contributed by atoms with Gasteiger partial charge < -0.3 is 9.47 Å². The fourth-order valence-corrected chi connectivity index (χ4v) is 4.58. The predicted octanol–water partition coefficient (Wildman–Crippen LogP) is 1.92. The summed E-state index contributed by atoms with van der Waals surface area (Å²) in [7, 11) is -0.973. The van der Waals surface area contributed by atoms with E-state index in [9.17, 15) is 13.2 Å². The average molecular weight is 389 g/mol. The minimum absolute atomic E-state index is 0.0789. The number of nitrogens with zero attached hydrogens (tertiary/aromatic N) is 2. The van der Waals surface area contributed by atoms with Crippen molar-refractivity contribution in [3.05, 3.63) is 23.8 Å². The number of rotatable bonds is 7. The molecule has 1 aromatic heterocycles. The minimum atomic E-state index is -3.78. The van der Waals surface area contributed by atoms with Gasteiger partial charge >= 0.3 is 5.97 Å². The van der Waals surface area contributed by atoms with Crippen molar-refractivity contribution in [3.8, 4) is 5.75 Å². The fourth-order valence-electron chi connectivity index (χ4n) is 1.68. The molecule has 2 rings (SSSR count). The number of ether oxygens (including phenoxy) is 2. The largest absolute Gasteiger partial charge is 0.496 e. The van der Waals surface area contributed by atoms with Crippen molar-refractivity contribution < 1.29 is 22.7 Å². The smallest absolute Gasteiger partial charge is 0.316 e. The summed E-state index contributed by atoms with van der Waals surface area (Å²) in [6.07, 6.45) is 0. The molecule has 2 aromatic rings. The lowest BCUT2D eigenvalue weighted by Gasteiger charge is -2.08. The number of aryl methyl sites for hydroxylation is 1. The van der Waals surface area contributed by atoms with Crippen LogP contribution in [-0.2, 0) is 19.6 Å². The fraction of sp³-hybridized carbons (Fsp3) is 0.308. The zero-order valence-corrected chi connectivity index (χ0v) is 15.5. The Bertz CT molecular complexity index is 835. The number of esters is 1. The van der Waals surface area contributed by atoms with E-state index in [4.69, 9.17) is 4.74 Å². The Morgan fingerprint density at radius 3 is 2.71 bits per heavy atom. The molecule has 0 aliphatic carbocycles. The number of nitrogens with one attached hydrogen (secondary N) is 1. The van der Waals surface area contributed by atoms with Crippen molar-refractivity contribution in [2.24, 2.45) is 0 Å². The highest BCUT2D eigenvalue weighted by Gasteiger charge is 2.18. The standard InChI is InChI=1S/C13H15N3O5S3/c1-8-6-9(4-5-10(8)20-2)24(18,19)16-12-14-15-13(23-12)22-7-11(17)21-3/h4-6H,7H2,1-3H3,(H,14,16). The third kappa shape index (κ3) is 4.58. The van der Waals surface area contributed by atoms with Crippen LogP contribution in [0.15, 0.2) is 27.4 Å². The summed E-state index contributed by atoms with van der Waals surface area (Å²) in [5.41, 5.74) is 0.701. The Kier molecular flexibility index (Phi) is 6.02. The highest BCUT2D eigenvalue weighted by molar-refractivity contribution is 8.01. The van der Waals surface area contributed by atoms with Gasteiger partial charge in [0.25, 0.3) is 10.0 Å². The zero-order chi connectivity index (χ0) is 17.7. The molecule has 24 heavy (non-hydrogen) atoms. The summed E-state index contributed by atoms with van der Waals surface area (Å²) in [6.45, 7) is 1.75. The summed E-state index contributed by atoms with van der Waals surface area (Å²) in [5, 5.41) is 7.71. The van der Waals surface area contributed by atoms with Crippen LogP contribution < -0.4 is 9.46 Å². The highest BCUT2D eigenvalue weighted by atomic mass is 32.2. The van der Waals surface area contributed by atoms with Gasteiger partial charge in [-0.05, 0) is 30.7 Å². The maximum absolute atomic E-state index is 12.4. The van der Waals surface area contributed by atoms with Gasteiger partial charge in [-0.3, -0.25) is 9.52 Å². The molecule has 11 heteroatoms. The third-order valence-corrected chi connectivity index (χ3v) is 6.26. The molecule has 130 valence electrons. The first-order valence-corrected chi connectivity index (χ1v) is 9.85. The Morgan fingerprint density at radius 1 is 1.33 bits per heavy atom. The lowest BCUT2D eigenvalue weighted by Crippen LogP contribution is -2.13. The van der Waals surface area contributed by atoms with Crippen LogP contribution in [0.3, 0.4) is 0 Å². The van der Waals surface area contributed by atoms with E-state index in [1.807, 2.05) is 0 Å². The number of carbonyl (C=O) groups excluding carboxylic acids is 1.